The monoisotopic (exact) mass is 370 g/mol. The standard InChI is InChI=1S/C14H26O11/c1-13(2,3)22-24-20-11(15)18-9-7-17-8-10-19-12(16)21-25-23-14(4,5)6/h7-10H2,1-6H3. The molecular weight excluding hydrogens is 344 g/mol. The largest absolute Gasteiger partial charge is 0.542 e. The molecule has 0 fully saturated rings. The van der Waals surface area contributed by atoms with Crippen molar-refractivity contribution in [2.45, 2.75) is 52.7 Å². The van der Waals surface area contributed by atoms with E-state index in [0.717, 1.165) is 0 Å². The smallest absolute Gasteiger partial charge is 0.430 e. The third-order valence-electron chi connectivity index (χ3n) is 1.67. The Morgan fingerprint density at radius 1 is 0.640 bits per heavy atom. The van der Waals surface area contributed by atoms with Crippen LogP contribution >= 0.6 is 0 Å². The van der Waals surface area contributed by atoms with Crippen LogP contribution in [0.2, 0.25) is 0 Å². The van der Waals surface area contributed by atoms with Crippen molar-refractivity contribution in [3.05, 3.63) is 0 Å². The summed E-state index contributed by atoms with van der Waals surface area (Å²) in [6.07, 6.45) is -2.16. The van der Waals surface area contributed by atoms with Gasteiger partial charge in [0.05, 0.1) is 24.4 Å². The van der Waals surface area contributed by atoms with E-state index in [2.05, 4.69) is 29.3 Å². The molecule has 0 spiro atoms. The molecule has 148 valence electrons. The van der Waals surface area contributed by atoms with Gasteiger partial charge in [0.25, 0.3) is 0 Å². The zero-order chi connectivity index (χ0) is 19.3. The van der Waals surface area contributed by atoms with Gasteiger partial charge in [0, 0.05) is 0 Å². The van der Waals surface area contributed by atoms with Crippen LogP contribution in [0.3, 0.4) is 0 Å². The lowest BCUT2D eigenvalue weighted by Gasteiger charge is -2.15. The fourth-order valence-corrected chi connectivity index (χ4v) is 0.812. The molecule has 0 aliphatic rings. The molecule has 0 aromatic rings. The predicted octanol–water partition coefficient (Wildman–Crippen LogP) is 2.63. The molecule has 0 saturated carbocycles. The summed E-state index contributed by atoms with van der Waals surface area (Å²) < 4.78 is 14.3. The van der Waals surface area contributed by atoms with Crippen LogP contribution in [0.15, 0.2) is 0 Å². The lowest BCUT2D eigenvalue weighted by Crippen LogP contribution is -2.22. The third-order valence-corrected chi connectivity index (χ3v) is 1.67. The summed E-state index contributed by atoms with van der Waals surface area (Å²) in [4.78, 5) is 39.9. The van der Waals surface area contributed by atoms with Gasteiger partial charge in [-0.25, -0.2) is 19.4 Å². The van der Waals surface area contributed by atoms with Crippen molar-refractivity contribution < 1.29 is 53.4 Å². The van der Waals surface area contributed by atoms with Crippen LogP contribution < -0.4 is 0 Å². The Morgan fingerprint density at radius 2 is 1.00 bits per heavy atom. The van der Waals surface area contributed by atoms with Crippen molar-refractivity contribution >= 4 is 12.3 Å². The van der Waals surface area contributed by atoms with Gasteiger partial charge in [0.2, 0.25) is 0 Å². The molecule has 0 heterocycles. The maximum Gasteiger partial charge on any atom is 0.542 e. The molecule has 0 unspecified atom stereocenters. The van der Waals surface area contributed by atoms with Crippen LogP contribution in [-0.2, 0) is 43.8 Å². The maximum atomic E-state index is 11.1. The molecule has 0 rings (SSSR count). The predicted molar refractivity (Wildman–Crippen MR) is 79.5 cm³/mol. The van der Waals surface area contributed by atoms with Gasteiger partial charge in [-0.1, -0.05) is 0 Å². The van der Waals surface area contributed by atoms with Crippen molar-refractivity contribution in [3.63, 3.8) is 0 Å². The molecule has 0 saturated heterocycles. The van der Waals surface area contributed by atoms with Crippen molar-refractivity contribution in [1.82, 2.24) is 0 Å². The van der Waals surface area contributed by atoms with E-state index in [1.165, 1.54) is 0 Å². The van der Waals surface area contributed by atoms with Gasteiger partial charge in [0.1, 0.15) is 13.2 Å². The Kier molecular flexibility index (Phi) is 11.0. The van der Waals surface area contributed by atoms with E-state index in [4.69, 9.17) is 14.5 Å². The fourth-order valence-electron chi connectivity index (χ4n) is 0.812. The number of carbonyl (C=O) groups excluding carboxylic acids is 2. The number of ether oxygens (including phenoxy) is 3. The SMILES string of the molecule is CC(C)(C)OOOC(=O)OCCOCCOC(=O)OOOC(C)(C)C. The summed E-state index contributed by atoms with van der Waals surface area (Å²) in [5, 5.41) is 8.45. The molecule has 0 atom stereocenters. The summed E-state index contributed by atoms with van der Waals surface area (Å²) in [5.41, 5.74) is -1.26. The van der Waals surface area contributed by atoms with E-state index < -0.39 is 23.5 Å². The molecule has 0 radical (unpaired) electrons. The number of hydrogen-bond acceptors (Lipinski definition) is 11. The first-order valence-electron chi connectivity index (χ1n) is 7.45. The Balaban J connectivity index is 3.43. The molecule has 0 aliphatic carbocycles. The highest BCUT2D eigenvalue weighted by Crippen LogP contribution is 2.08. The second-order valence-corrected chi connectivity index (χ2v) is 6.50. The second-order valence-electron chi connectivity index (χ2n) is 6.50. The second kappa shape index (κ2) is 11.8. The van der Waals surface area contributed by atoms with Crippen molar-refractivity contribution in [1.29, 1.82) is 0 Å². The fraction of sp³-hybridized carbons (Fsp3) is 0.857. The molecule has 0 N–H and O–H groups in total. The van der Waals surface area contributed by atoms with E-state index in [1.54, 1.807) is 41.5 Å². The molecule has 25 heavy (non-hydrogen) atoms. The van der Waals surface area contributed by atoms with E-state index in [0.29, 0.717) is 0 Å². The minimum absolute atomic E-state index is 0.0528. The van der Waals surface area contributed by atoms with E-state index >= 15 is 0 Å². The van der Waals surface area contributed by atoms with Gasteiger partial charge in [-0.3, -0.25) is 0 Å². The maximum absolute atomic E-state index is 11.1. The van der Waals surface area contributed by atoms with Gasteiger partial charge >= 0.3 is 12.3 Å². The lowest BCUT2D eigenvalue weighted by molar-refractivity contribution is -0.514. The summed E-state index contributed by atoms with van der Waals surface area (Å²) in [6, 6.07) is 0. The van der Waals surface area contributed by atoms with Crippen LogP contribution in [0.4, 0.5) is 9.59 Å². The molecule has 0 aromatic heterocycles. The minimum Gasteiger partial charge on any atom is -0.430 e. The summed E-state index contributed by atoms with van der Waals surface area (Å²) >= 11 is 0. The highest BCUT2D eigenvalue weighted by atomic mass is 17.5. The average Bonchev–Trinajstić information content (AvgIpc) is 2.43. The zero-order valence-corrected chi connectivity index (χ0v) is 15.3. The van der Waals surface area contributed by atoms with Crippen LogP contribution in [0.25, 0.3) is 0 Å². The lowest BCUT2D eigenvalue weighted by atomic mass is 10.2. The van der Waals surface area contributed by atoms with Crippen molar-refractivity contribution in [2.75, 3.05) is 26.4 Å². The number of carbonyl (C=O) groups is 2. The third kappa shape index (κ3) is 18.5. The summed E-state index contributed by atoms with van der Waals surface area (Å²) in [7, 11) is 0. The van der Waals surface area contributed by atoms with E-state index in [-0.39, 0.29) is 26.4 Å². The first-order valence-corrected chi connectivity index (χ1v) is 7.45. The number of rotatable bonds is 10. The molecule has 11 heteroatoms. The average molecular weight is 370 g/mol. The molecule has 0 aliphatic heterocycles. The van der Waals surface area contributed by atoms with Gasteiger partial charge in [0.15, 0.2) is 0 Å². The Labute approximate surface area is 146 Å². The van der Waals surface area contributed by atoms with Crippen molar-refractivity contribution in [3.8, 4) is 0 Å². The van der Waals surface area contributed by atoms with Crippen LogP contribution in [-0.4, -0.2) is 49.9 Å². The number of hydrogen-bond donors (Lipinski definition) is 0. The summed E-state index contributed by atoms with van der Waals surface area (Å²) in [6.45, 7) is 10.2. The molecule has 0 aromatic carbocycles. The molecular formula is C14H26O11. The minimum atomic E-state index is -1.08. The van der Waals surface area contributed by atoms with Crippen LogP contribution in [0, 0.1) is 0 Å². The Bertz CT molecular complexity index is 347. The molecule has 0 bridgehead atoms. The molecule has 11 nitrogen and oxygen atoms in total. The van der Waals surface area contributed by atoms with Crippen LogP contribution in [0.1, 0.15) is 41.5 Å². The van der Waals surface area contributed by atoms with Gasteiger partial charge in [-0.05, 0) is 51.6 Å². The molecule has 0 amide bonds. The van der Waals surface area contributed by atoms with Crippen molar-refractivity contribution in [2.24, 2.45) is 0 Å². The quantitative estimate of drug-likeness (QED) is 0.244. The van der Waals surface area contributed by atoms with E-state index in [9.17, 15) is 9.59 Å². The Hall–Kier alpha value is -1.66. The highest BCUT2D eigenvalue weighted by Gasteiger charge is 2.15. The zero-order valence-electron chi connectivity index (χ0n) is 15.3. The van der Waals surface area contributed by atoms with Gasteiger partial charge in [-0.2, -0.15) is 9.78 Å². The first kappa shape index (κ1) is 23.3. The van der Waals surface area contributed by atoms with Gasteiger partial charge in [-0.15, -0.1) is 0 Å². The summed E-state index contributed by atoms with van der Waals surface area (Å²) in [5.74, 6) is 0. The van der Waals surface area contributed by atoms with E-state index in [1.807, 2.05) is 0 Å². The first-order chi connectivity index (χ1) is 11.5. The normalized spacial score (nSPS) is 11.8. The van der Waals surface area contributed by atoms with Crippen LogP contribution in [0.5, 0.6) is 0 Å². The Morgan fingerprint density at radius 3 is 1.32 bits per heavy atom. The highest BCUT2D eigenvalue weighted by molar-refractivity contribution is 5.59. The topological polar surface area (TPSA) is 117 Å². The van der Waals surface area contributed by atoms with Gasteiger partial charge < -0.3 is 14.2 Å².